The highest BCUT2D eigenvalue weighted by Gasteiger charge is 2.07. The minimum absolute atomic E-state index is 0.275. The summed E-state index contributed by atoms with van der Waals surface area (Å²) >= 11 is 0. The fraction of sp³-hybridized carbons (Fsp3) is 0.667. The number of unbranched alkanes of at least 4 members (excludes halogenated alkanes) is 2. The average molecular weight is 238 g/mol. The van der Waals surface area contributed by atoms with Crippen LogP contribution in [0, 0.1) is 0 Å². The number of aliphatic hydroxyl groups is 1. The molecule has 0 saturated heterocycles. The molecule has 0 saturated carbocycles. The van der Waals surface area contributed by atoms with Crippen molar-refractivity contribution in [3.05, 3.63) is 11.9 Å². The van der Waals surface area contributed by atoms with Gasteiger partial charge in [0, 0.05) is 25.8 Å². The van der Waals surface area contributed by atoms with Crippen molar-refractivity contribution in [3.8, 4) is 0 Å². The number of nitrogens with one attached hydrogen (secondary N) is 2. The normalized spacial score (nSPS) is 10.3. The van der Waals surface area contributed by atoms with Crippen molar-refractivity contribution in [1.29, 1.82) is 0 Å². The van der Waals surface area contributed by atoms with Crippen LogP contribution in [0.3, 0.4) is 0 Å². The lowest BCUT2D eigenvalue weighted by atomic mass is 10.2. The van der Waals surface area contributed by atoms with Gasteiger partial charge in [0.2, 0.25) is 0 Å². The third-order valence-corrected chi connectivity index (χ3v) is 2.66. The summed E-state index contributed by atoms with van der Waals surface area (Å²) in [6.07, 6.45) is 5.42. The first kappa shape index (κ1) is 13.7. The monoisotopic (exact) mass is 238 g/mol. The van der Waals surface area contributed by atoms with Crippen LogP contribution in [-0.2, 0) is 6.42 Å². The quantitative estimate of drug-likeness (QED) is 0.601. The molecule has 0 aliphatic rings. The molecular weight excluding hydrogens is 216 g/mol. The summed E-state index contributed by atoms with van der Waals surface area (Å²) in [5.74, 6) is 1.80. The van der Waals surface area contributed by atoms with E-state index in [1.54, 1.807) is 6.33 Å². The van der Waals surface area contributed by atoms with Crippen LogP contribution >= 0.6 is 0 Å². The molecule has 5 nitrogen and oxygen atoms in total. The number of aromatic nitrogens is 2. The van der Waals surface area contributed by atoms with E-state index in [1.807, 2.05) is 7.05 Å². The van der Waals surface area contributed by atoms with Gasteiger partial charge in [0.05, 0.1) is 0 Å². The molecule has 1 rings (SSSR count). The number of aliphatic hydroxyl groups excluding tert-OH is 1. The summed E-state index contributed by atoms with van der Waals surface area (Å²) in [7, 11) is 1.87. The zero-order chi connectivity index (χ0) is 12.5. The molecule has 0 radical (unpaired) electrons. The molecule has 1 heterocycles. The van der Waals surface area contributed by atoms with Gasteiger partial charge in [0.25, 0.3) is 0 Å². The van der Waals surface area contributed by atoms with Gasteiger partial charge in [-0.1, -0.05) is 6.92 Å². The first-order valence-corrected chi connectivity index (χ1v) is 6.19. The van der Waals surface area contributed by atoms with E-state index in [2.05, 4.69) is 27.5 Å². The molecule has 0 aromatic carbocycles. The van der Waals surface area contributed by atoms with E-state index in [-0.39, 0.29) is 6.61 Å². The van der Waals surface area contributed by atoms with E-state index in [1.165, 1.54) is 0 Å². The molecular formula is C12H22N4O. The second kappa shape index (κ2) is 7.84. The number of rotatable bonds is 8. The summed E-state index contributed by atoms with van der Waals surface area (Å²) in [6, 6.07) is 0. The van der Waals surface area contributed by atoms with Crippen molar-refractivity contribution in [1.82, 2.24) is 9.97 Å². The first-order chi connectivity index (χ1) is 8.33. The van der Waals surface area contributed by atoms with E-state index >= 15 is 0 Å². The Bertz CT molecular complexity index is 330. The Labute approximate surface area is 103 Å². The largest absolute Gasteiger partial charge is 0.396 e. The maximum Gasteiger partial charge on any atom is 0.134 e. The standard InChI is InChI=1S/C12H22N4O/c1-3-10-11(13-2)15-9-16-12(10)14-7-5-4-6-8-17/h9,17H,3-8H2,1-2H3,(H2,13,14,15,16). The third-order valence-electron chi connectivity index (χ3n) is 2.66. The highest BCUT2D eigenvalue weighted by molar-refractivity contribution is 5.56. The van der Waals surface area contributed by atoms with E-state index < -0.39 is 0 Å². The smallest absolute Gasteiger partial charge is 0.134 e. The van der Waals surface area contributed by atoms with Gasteiger partial charge in [-0.3, -0.25) is 0 Å². The summed E-state index contributed by atoms with van der Waals surface area (Å²) in [4.78, 5) is 8.46. The molecule has 5 heteroatoms. The van der Waals surface area contributed by atoms with Gasteiger partial charge in [0.15, 0.2) is 0 Å². The van der Waals surface area contributed by atoms with Crippen LogP contribution < -0.4 is 10.6 Å². The lowest BCUT2D eigenvalue weighted by Crippen LogP contribution is -2.09. The summed E-state index contributed by atoms with van der Waals surface area (Å²) in [6.45, 7) is 3.25. The van der Waals surface area contributed by atoms with Crippen molar-refractivity contribution >= 4 is 11.6 Å². The fourth-order valence-corrected chi connectivity index (χ4v) is 1.74. The Balaban J connectivity index is 2.52. The van der Waals surface area contributed by atoms with Crippen molar-refractivity contribution < 1.29 is 5.11 Å². The highest BCUT2D eigenvalue weighted by Crippen LogP contribution is 2.19. The van der Waals surface area contributed by atoms with Gasteiger partial charge in [-0.2, -0.15) is 0 Å². The third kappa shape index (κ3) is 4.19. The van der Waals surface area contributed by atoms with E-state index in [9.17, 15) is 0 Å². The van der Waals surface area contributed by atoms with Gasteiger partial charge in [-0.05, 0) is 25.7 Å². The maximum atomic E-state index is 8.68. The molecule has 96 valence electrons. The minimum Gasteiger partial charge on any atom is -0.396 e. The predicted octanol–water partition coefficient (Wildman–Crippen LogP) is 1.66. The van der Waals surface area contributed by atoms with Gasteiger partial charge >= 0.3 is 0 Å². The molecule has 0 unspecified atom stereocenters. The van der Waals surface area contributed by atoms with Gasteiger partial charge < -0.3 is 15.7 Å². The highest BCUT2D eigenvalue weighted by atomic mass is 16.2. The van der Waals surface area contributed by atoms with Crippen LogP contribution in [0.1, 0.15) is 31.7 Å². The van der Waals surface area contributed by atoms with E-state index in [4.69, 9.17) is 5.11 Å². The Morgan fingerprint density at radius 1 is 1.18 bits per heavy atom. The molecule has 1 aromatic heterocycles. The van der Waals surface area contributed by atoms with Gasteiger partial charge in [-0.15, -0.1) is 0 Å². The van der Waals surface area contributed by atoms with Crippen LogP contribution in [-0.4, -0.2) is 35.3 Å². The van der Waals surface area contributed by atoms with Crippen LogP contribution in [0.4, 0.5) is 11.6 Å². The van der Waals surface area contributed by atoms with Gasteiger partial charge in [0.1, 0.15) is 18.0 Å². The Morgan fingerprint density at radius 3 is 2.59 bits per heavy atom. The predicted molar refractivity (Wildman–Crippen MR) is 70.4 cm³/mol. The molecule has 3 N–H and O–H groups in total. The van der Waals surface area contributed by atoms with Crippen LogP contribution in [0.2, 0.25) is 0 Å². The molecule has 1 aromatic rings. The molecule has 17 heavy (non-hydrogen) atoms. The molecule has 0 bridgehead atoms. The Kier molecular flexibility index (Phi) is 6.32. The lowest BCUT2D eigenvalue weighted by molar-refractivity contribution is 0.283. The minimum atomic E-state index is 0.275. The van der Waals surface area contributed by atoms with Crippen molar-refractivity contribution in [2.75, 3.05) is 30.8 Å². The fourth-order valence-electron chi connectivity index (χ4n) is 1.74. The lowest BCUT2D eigenvalue weighted by Gasteiger charge is -2.12. The zero-order valence-electron chi connectivity index (χ0n) is 10.7. The number of hydrogen-bond donors (Lipinski definition) is 3. The second-order valence-corrected chi connectivity index (χ2v) is 3.86. The Morgan fingerprint density at radius 2 is 1.94 bits per heavy atom. The topological polar surface area (TPSA) is 70.1 Å². The SMILES string of the molecule is CCc1c(NC)ncnc1NCCCCCO. The van der Waals surface area contributed by atoms with Crippen LogP contribution in [0.25, 0.3) is 0 Å². The van der Waals surface area contributed by atoms with Gasteiger partial charge in [-0.25, -0.2) is 9.97 Å². The number of nitrogens with zero attached hydrogens (tertiary/aromatic N) is 2. The van der Waals surface area contributed by atoms with Crippen molar-refractivity contribution in [3.63, 3.8) is 0 Å². The zero-order valence-corrected chi connectivity index (χ0v) is 10.7. The maximum absolute atomic E-state index is 8.68. The first-order valence-electron chi connectivity index (χ1n) is 6.19. The second-order valence-electron chi connectivity index (χ2n) is 3.86. The van der Waals surface area contributed by atoms with Crippen LogP contribution in [0.15, 0.2) is 6.33 Å². The molecule has 0 aliphatic heterocycles. The average Bonchev–Trinajstić information content (AvgIpc) is 2.38. The van der Waals surface area contributed by atoms with Crippen LogP contribution in [0.5, 0.6) is 0 Å². The molecule has 0 amide bonds. The molecule has 0 spiro atoms. The Hall–Kier alpha value is -1.36. The summed E-state index contributed by atoms with van der Waals surface area (Å²) in [5.41, 5.74) is 1.12. The summed E-state index contributed by atoms with van der Waals surface area (Å²) < 4.78 is 0. The summed E-state index contributed by atoms with van der Waals surface area (Å²) in [5, 5.41) is 15.1. The molecule has 0 fully saturated rings. The molecule has 0 aliphatic carbocycles. The van der Waals surface area contributed by atoms with Crippen molar-refractivity contribution in [2.45, 2.75) is 32.6 Å². The van der Waals surface area contributed by atoms with E-state index in [0.29, 0.717) is 0 Å². The number of hydrogen-bond acceptors (Lipinski definition) is 5. The molecule has 0 atom stereocenters. The van der Waals surface area contributed by atoms with Crippen molar-refractivity contribution in [2.24, 2.45) is 0 Å². The number of anilines is 2. The van der Waals surface area contributed by atoms with E-state index in [0.717, 1.165) is 49.4 Å².